The molecule has 0 saturated carbocycles. The quantitative estimate of drug-likeness (QED) is 0.463. The summed E-state index contributed by atoms with van der Waals surface area (Å²) in [7, 11) is 0. The van der Waals surface area contributed by atoms with Crippen LogP contribution >= 0.6 is 15.9 Å². The minimum absolute atomic E-state index is 0.135. The van der Waals surface area contributed by atoms with Gasteiger partial charge in [0, 0.05) is 17.5 Å². The smallest absolute Gasteiger partial charge is 0.258 e. The molecule has 1 radical (unpaired) electrons. The average molecular weight is 243 g/mol. The van der Waals surface area contributed by atoms with E-state index in [9.17, 15) is 10.1 Å². The Morgan fingerprint density at radius 2 is 2.00 bits per heavy atom. The highest BCUT2D eigenvalue weighted by Gasteiger charge is 2.03. The van der Waals surface area contributed by atoms with E-state index < -0.39 is 4.92 Å². The summed E-state index contributed by atoms with van der Waals surface area (Å²) >= 11 is 3.31. The Kier molecular flexibility index (Phi) is 3.89. The molecule has 4 heteroatoms. The fourth-order valence-corrected chi connectivity index (χ4v) is 1.18. The predicted octanol–water partition coefficient (Wildman–Crippen LogP) is 2.93. The highest BCUT2D eigenvalue weighted by Crippen LogP contribution is 2.14. The van der Waals surface area contributed by atoms with Gasteiger partial charge in [-0.2, -0.15) is 0 Å². The Hall–Kier alpha value is -0.900. The Labute approximate surface area is 85.0 Å². The van der Waals surface area contributed by atoms with Gasteiger partial charge < -0.3 is 0 Å². The van der Waals surface area contributed by atoms with Crippen molar-refractivity contribution in [2.45, 2.75) is 6.42 Å². The lowest BCUT2D eigenvalue weighted by Gasteiger charge is -1.97. The van der Waals surface area contributed by atoms with Gasteiger partial charge in [0.05, 0.1) is 4.92 Å². The number of nitro groups is 1. The van der Waals surface area contributed by atoms with Crippen LogP contribution in [0.4, 0.5) is 5.69 Å². The van der Waals surface area contributed by atoms with Crippen molar-refractivity contribution in [1.29, 1.82) is 0 Å². The molecule has 0 unspecified atom stereocenters. The molecule has 69 valence electrons. The van der Waals surface area contributed by atoms with Crippen molar-refractivity contribution in [3.63, 3.8) is 0 Å². The van der Waals surface area contributed by atoms with Crippen LogP contribution in [-0.2, 0) is 0 Å². The third kappa shape index (κ3) is 3.14. The lowest BCUT2D eigenvalue weighted by molar-refractivity contribution is -0.384. The maximum Gasteiger partial charge on any atom is 0.269 e. The molecular formula is C9H9BrNO2. The second kappa shape index (κ2) is 4.97. The number of rotatable bonds is 4. The normalized spacial score (nSPS) is 9.92. The molecule has 0 aliphatic carbocycles. The lowest BCUT2D eigenvalue weighted by Crippen LogP contribution is -1.88. The summed E-state index contributed by atoms with van der Waals surface area (Å²) in [6.07, 6.45) is 2.95. The number of hydrogen-bond donors (Lipinski definition) is 0. The summed E-state index contributed by atoms with van der Waals surface area (Å²) < 4.78 is 0. The first kappa shape index (κ1) is 10.2. The van der Waals surface area contributed by atoms with Gasteiger partial charge in [0.1, 0.15) is 0 Å². The number of nitro benzene ring substituents is 1. The Bertz CT molecular complexity index is 284. The molecule has 0 atom stereocenters. The SMILES string of the molecule is O=[N+]([O-])c1ccc([CH]CCBr)cc1. The van der Waals surface area contributed by atoms with Crippen LogP contribution in [0.1, 0.15) is 12.0 Å². The maximum atomic E-state index is 10.3. The first-order valence-corrected chi connectivity index (χ1v) is 5.00. The molecule has 0 N–H and O–H groups in total. The van der Waals surface area contributed by atoms with Crippen LogP contribution in [0.15, 0.2) is 24.3 Å². The van der Waals surface area contributed by atoms with Crippen molar-refractivity contribution in [3.05, 3.63) is 46.4 Å². The van der Waals surface area contributed by atoms with Crippen molar-refractivity contribution in [1.82, 2.24) is 0 Å². The minimum Gasteiger partial charge on any atom is -0.258 e. The Morgan fingerprint density at radius 1 is 1.38 bits per heavy atom. The van der Waals surface area contributed by atoms with E-state index in [1.165, 1.54) is 12.1 Å². The van der Waals surface area contributed by atoms with Gasteiger partial charge in [0.25, 0.3) is 5.69 Å². The lowest BCUT2D eigenvalue weighted by atomic mass is 10.1. The largest absolute Gasteiger partial charge is 0.269 e. The summed E-state index contributed by atoms with van der Waals surface area (Å²) in [6.45, 7) is 0. The van der Waals surface area contributed by atoms with E-state index in [-0.39, 0.29) is 5.69 Å². The molecule has 3 nitrogen and oxygen atoms in total. The Balaban J connectivity index is 2.64. The van der Waals surface area contributed by atoms with Gasteiger partial charge in [-0.05, 0) is 18.4 Å². The standard InChI is InChI=1S/C9H9BrNO2/c10-7-1-2-8-3-5-9(6-4-8)11(12)13/h2-6H,1,7H2. The molecule has 1 aromatic rings. The van der Waals surface area contributed by atoms with Crippen LogP contribution in [0.25, 0.3) is 0 Å². The van der Waals surface area contributed by atoms with Crippen LogP contribution in [0.2, 0.25) is 0 Å². The minimum atomic E-state index is -0.395. The first-order valence-electron chi connectivity index (χ1n) is 3.87. The molecule has 13 heavy (non-hydrogen) atoms. The van der Waals surface area contributed by atoms with Gasteiger partial charge in [-0.25, -0.2) is 0 Å². The van der Waals surface area contributed by atoms with Gasteiger partial charge in [-0.1, -0.05) is 28.1 Å². The highest BCUT2D eigenvalue weighted by molar-refractivity contribution is 9.09. The van der Waals surface area contributed by atoms with Gasteiger partial charge in [0.15, 0.2) is 0 Å². The third-order valence-corrected chi connectivity index (χ3v) is 2.05. The average Bonchev–Trinajstić information content (AvgIpc) is 2.15. The second-order valence-electron chi connectivity index (χ2n) is 2.53. The molecule has 0 saturated heterocycles. The van der Waals surface area contributed by atoms with Crippen molar-refractivity contribution in [2.24, 2.45) is 0 Å². The van der Waals surface area contributed by atoms with Crippen LogP contribution in [0, 0.1) is 16.5 Å². The molecule has 0 aliphatic rings. The second-order valence-corrected chi connectivity index (χ2v) is 3.32. The third-order valence-electron chi connectivity index (χ3n) is 1.59. The fraction of sp³-hybridized carbons (Fsp3) is 0.222. The monoisotopic (exact) mass is 242 g/mol. The van der Waals surface area contributed by atoms with E-state index in [0.717, 1.165) is 17.3 Å². The number of nitrogens with zero attached hydrogens (tertiary/aromatic N) is 1. The van der Waals surface area contributed by atoms with E-state index in [1.54, 1.807) is 12.1 Å². The molecule has 0 heterocycles. The fourth-order valence-electron chi connectivity index (χ4n) is 0.953. The molecule has 0 fully saturated rings. The summed E-state index contributed by atoms with van der Waals surface area (Å²) in [5, 5.41) is 11.2. The van der Waals surface area contributed by atoms with Crippen molar-refractivity contribution in [3.8, 4) is 0 Å². The maximum absolute atomic E-state index is 10.3. The van der Waals surface area contributed by atoms with E-state index >= 15 is 0 Å². The molecule has 1 rings (SSSR count). The summed E-state index contributed by atoms with van der Waals surface area (Å²) in [6, 6.07) is 6.53. The van der Waals surface area contributed by atoms with Crippen molar-refractivity contribution < 1.29 is 4.92 Å². The van der Waals surface area contributed by atoms with Gasteiger partial charge in [0.2, 0.25) is 0 Å². The van der Waals surface area contributed by atoms with Crippen LogP contribution < -0.4 is 0 Å². The zero-order chi connectivity index (χ0) is 9.68. The number of halogens is 1. The Morgan fingerprint density at radius 3 is 2.46 bits per heavy atom. The number of non-ortho nitro benzene ring substituents is 1. The molecule has 1 aromatic carbocycles. The molecule has 0 bridgehead atoms. The van der Waals surface area contributed by atoms with Crippen LogP contribution in [0.5, 0.6) is 0 Å². The molecule has 0 amide bonds. The topological polar surface area (TPSA) is 43.1 Å². The van der Waals surface area contributed by atoms with Gasteiger partial charge in [-0.3, -0.25) is 10.1 Å². The molecule has 0 aliphatic heterocycles. The summed E-state index contributed by atoms with van der Waals surface area (Å²) in [5.74, 6) is 0. The van der Waals surface area contributed by atoms with Gasteiger partial charge >= 0.3 is 0 Å². The molecule has 0 aromatic heterocycles. The first-order chi connectivity index (χ1) is 6.24. The van der Waals surface area contributed by atoms with Crippen molar-refractivity contribution in [2.75, 3.05) is 5.33 Å². The van der Waals surface area contributed by atoms with E-state index in [1.807, 2.05) is 6.42 Å². The number of benzene rings is 1. The number of alkyl halides is 1. The molecular weight excluding hydrogens is 234 g/mol. The molecule has 0 spiro atoms. The van der Waals surface area contributed by atoms with Crippen LogP contribution in [0.3, 0.4) is 0 Å². The van der Waals surface area contributed by atoms with Crippen LogP contribution in [-0.4, -0.2) is 10.3 Å². The highest BCUT2D eigenvalue weighted by atomic mass is 79.9. The predicted molar refractivity (Wildman–Crippen MR) is 54.9 cm³/mol. The van der Waals surface area contributed by atoms with Crippen molar-refractivity contribution >= 4 is 21.6 Å². The van der Waals surface area contributed by atoms with E-state index in [0.29, 0.717) is 0 Å². The zero-order valence-electron chi connectivity index (χ0n) is 6.94. The zero-order valence-corrected chi connectivity index (χ0v) is 8.53. The van der Waals surface area contributed by atoms with Gasteiger partial charge in [-0.15, -0.1) is 0 Å². The summed E-state index contributed by atoms with van der Waals surface area (Å²) in [4.78, 5) is 9.92. The van der Waals surface area contributed by atoms with E-state index in [4.69, 9.17) is 0 Å². The van der Waals surface area contributed by atoms with E-state index in [2.05, 4.69) is 15.9 Å². The summed E-state index contributed by atoms with van der Waals surface area (Å²) in [5.41, 5.74) is 1.15. The number of hydrogen-bond acceptors (Lipinski definition) is 2.